The Labute approximate surface area is 130 Å². The highest BCUT2D eigenvalue weighted by Gasteiger charge is 2.22. The molecule has 114 valence electrons. The first-order valence-electron chi connectivity index (χ1n) is 6.04. The summed E-state index contributed by atoms with van der Waals surface area (Å²) in [5, 5.41) is 1.82. The number of sulfonamides is 1. The van der Waals surface area contributed by atoms with Crippen molar-refractivity contribution >= 4 is 43.8 Å². The van der Waals surface area contributed by atoms with Crippen LogP contribution in [0.25, 0.3) is 0 Å². The van der Waals surface area contributed by atoms with Crippen molar-refractivity contribution in [2.45, 2.75) is 31.1 Å². The van der Waals surface area contributed by atoms with Gasteiger partial charge in [0.25, 0.3) is 10.0 Å². The predicted octanol–water partition coefficient (Wildman–Crippen LogP) is 2.88. The summed E-state index contributed by atoms with van der Waals surface area (Å²) in [6.07, 6.45) is -0.245. The van der Waals surface area contributed by atoms with E-state index < -0.39 is 16.0 Å². The number of ether oxygens (including phenoxy) is 1. The summed E-state index contributed by atoms with van der Waals surface area (Å²) in [5.74, 6) is -0.499. The van der Waals surface area contributed by atoms with Crippen molar-refractivity contribution in [1.82, 2.24) is 4.98 Å². The largest absolute Gasteiger partial charge is 0.459 e. The highest BCUT2D eigenvalue weighted by molar-refractivity contribution is 7.94. The van der Waals surface area contributed by atoms with E-state index in [9.17, 15) is 13.2 Å². The Morgan fingerprint density at radius 3 is 2.71 bits per heavy atom. The fourth-order valence-corrected chi connectivity index (χ4v) is 4.56. The van der Waals surface area contributed by atoms with E-state index in [0.29, 0.717) is 10.6 Å². The number of nitrogens with zero attached hydrogens (tertiary/aromatic N) is 1. The van der Waals surface area contributed by atoms with Gasteiger partial charge in [-0.3, -0.25) is 4.72 Å². The first-order chi connectivity index (χ1) is 9.79. The number of nitrogens with one attached hydrogen (secondary N) is 1. The Kier molecular flexibility index (Phi) is 4.64. The Morgan fingerprint density at radius 1 is 1.43 bits per heavy atom. The first kappa shape index (κ1) is 15.9. The molecule has 0 aliphatic carbocycles. The third-order valence-electron chi connectivity index (χ3n) is 2.31. The lowest BCUT2D eigenvalue weighted by Crippen LogP contribution is -2.11. The third-order valence-corrected chi connectivity index (χ3v) is 6.22. The molecular weight excluding hydrogens is 332 g/mol. The molecule has 2 aromatic rings. The van der Waals surface area contributed by atoms with Crippen LogP contribution in [0.4, 0.5) is 5.13 Å². The van der Waals surface area contributed by atoms with Crippen molar-refractivity contribution in [1.29, 1.82) is 0 Å². The van der Waals surface area contributed by atoms with E-state index in [1.54, 1.807) is 32.2 Å². The number of thiophene rings is 1. The van der Waals surface area contributed by atoms with E-state index in [4.69, 9.17) is 4.74 Å². The second-order valence-corrected chi connectivity index (χ2v) is 8.28. The minimum Gasteiger partial charge on any atom is -0.459 e. The SMILES string of the molecule is Cc1nc(NS(=O)(=O)c2cccs2)sc1C(=O)OC(C)C. The van der Waals surface area contributed by atoms with Gasteiger partial charge < -0.3 is 4.74 Å². The van der Waals surface area contributed by atoms with E-state index in [1.165, 1.54) is 6.07 Å². The maximum absolute atomic E-state index is 12.1. The number of carbonyl (C=O) groups excluding carboxylic acids is 1. The van der Waals surface area contributed by atoms with Gasteiger partial charge in [-0.1, -0.05) is 17.4 Å². The molecule has 9 heteroatoms. The zero-order valence-corrected chi connectivity index (χ0v) is 14.1. The minimum atomic E-state index is -3.66. The van der Waals surface area contributed by atoms with Crippen LogP contribution in [-0.4, -0.2) is 25.5 Å². The average molecular weight is 346 g/mol. The molecule has 2 rings (SSSR count). The van der Waals surface area contributed by atoms with Crippen LogP contribution in [0, 0.1) is 6.92 Å². The van der Waals surface area contributed by atoms with Gasteiger partial charge in [0.2, 0.25) is 0 Å². The maximum Gasteiger partial charge on any atom is 0.350 e. The number of hydrogen-bond acceptors (Lipinski definition) is 7. The number of aromatic nitrogens is 1. The summed E-state index contributed by atoms with van der Waals surface area (Å²) in [6, 6.07) is 3.15. The van der Waals surface area contributed by atoms with Gasteiger partial charge in [0.1, 0.15) is 9.09 Å². The zero-order valence-electron chi connectivity index (χ0n) is 11.6. The molecular formula is C12H14N2O4S3. The van der Waals surface area contributed by atoms with E-state index in [1.807, 2.05) is 0 Å². The number of rotatable bonds is 5. The molecule has 0 radical (unpaired) electrons. The quantitative estimate of drug-likeness (QED) is 0.841. The van der Waals surface area contributed by atoms with Crippen LogP contribution in [0.1, 0.15) is 29.2 Å². The molecule has 0 bridgehead atoms. The minimum absolute atomic E-state index is 0.150. The third kappa shape index (κ3) is 3.80. The second kappa shape index (κ2) is 6.12. The van der Waals surface area contributed by atoms with Crippen molar-refractivity contribution in [3.63, 3.8) is 0 Å². The molecule has 0 saturated heterocycles. The summed E-state index contributed by atoms with van der Waals surface area (Å²) in [5.41, 5.74) is 0.439. The van der Waals surface area contributed by atoms with Gasteiger partial charge in [-0.25, -0.2) is 18.2 Å². The van der Waals surface area contributed by atoms with Crippen LogP contribution in [-0.2, 0) is 14.8 Å². The predicted molar refractivity (Wildman–Crippen MR) is 82.5 cm³/mol. The van der Waals surface area contributed by atoms with Gasteiger partial charge in [-0.2, -0.15) is 0 Å². The molecule has 0 aliphatic rings. The summed E-state index contributed by atoms with van der Waals surface area (Å²) in [7, 11) is -3.66. The van der Waals surface area contributed by atoms with E-state index in [2.05, 4.69) is 9.71 Å². The second-order valence-electron chi connectivity index (χ2n) is 4.43. The number of anilines is 1. The molecule has 0 unspecified atom stereocenters. The number of esters is 1. The van der Waals surface area contributed by atoms with Crippen LogP contribution in [0.2, 0.25) is 0 Å². The molecule has 0 fully saturated rings. The molecule has 2 aromatic heterocycles. The maximum atomic E-state index is 12.1. The number of thiazole rings is 1. The lowest BCUT2D eigenvalue weighted by molar-refractivity contribution is 0.0382. The van der Waals surface area contributed by atoms with E-state index in [0.717, 1.165) is 22.7 Å². The molecule has 0 atom stereocenters. The van der Waals surface area contributed by atoms with Gasteiger partial charge in [0.05, 0.1) is 11.8 Å². The van der Waals surface area contributed by atoms with Gasteiger partial charge in [0, 0.05) is 0 Å². The van der Waals surface area contributed by atoms with E-state index >= 15 is 0 Å². The molecule has 0 spiro atoms. The number of carbonyl (C=O) groups is 1. The molecule has 0 saturated carbocycles. The van der Waals surface area contributed by atoms with Crippen molar-refractivity contribution < 1.29 is 17.9 Å². The van der Waals surface area contributed by atoms with Crippen LogP contribution < -0.4 is 4.72 Å². The monoisotopic (exact) mass is 346 g/mol. The Bertz CT molecular complexity index is 733. The van der Waals surface area contributed by atoms with Gasteiger partial charge in [-0.05, 0) is 32.2 Å². The lowest BCUT2D eigenvalue weighted by Gasteiger charge is -2.05. The smallest absolute Gasteiger partial charge is 0.350 e. The van der Waals surface area contributed by atoms with Crippen LogP contribution >= 0.6 is 22.7 Å². The summed E-state index contributed by atoms with van der Waals surface area (Å²) in [4.78, 5) is 16.2. The van der Waals surface area contributed by atoms with E-state index in [-0.39, 0.29) is 15.4 Å². The summed E-state index contributed by atoms with van der Waals surface area (Å²) >= 11 is 2.07. The Hall–Kier alpha value is -1.45. The van der Waals surface area contributed by atoms with Crippen molar-refractivity contribution in [3.8, 4) is 0 Å². The fraction of sp³-hybridized carbons (Fsp3) is 0.333. The van der Waals surface area contributed by atoms with Crippen LogP contribution in [0.5, 0.6) is 0 Å². The molecule has 6 nitrogen and oxygen atoms in total. The summed E-state index contributed by atoms with van der Waals surface area (Å²) in [6.45, 7) is 5.12. The van der Waals surface area contributed by atoms with Crippen molar-refractivity contribution in [2.24, 2.45) is 0 Å². The molecule has 2 heterocycles. The molecule has 0 aliphatic heterocycles. The topological polar surface area (TPSA) is 85.4 Å². The van der Waals surface area contributed by atoms with Gasteiger partial charge >= 0.3 is 5.97 Å². The number of aryl methyl sites for hydroxylation is 1. The normalized spacial score (nSPS) is 11.6. The molecule has 1 N–H and O–H groups in total. The number of hydrogen-bond donors (Lipinski definition) is 1. The first-order valence-corrected chi connectivity index (χ1v) is 9.22. The van der Waals surface area contributed by atoms with Crippen LogP contribution in [0.15, 0.2) is 21.7 Å². The van der Waals surface area contributed by atoms with Gasteiger partial charge in [-0.15, -0.1) is 11.3 Å². The van der Waals surface area contributed by atoms with Gasteiger partial charge in [0.15, 0.2) is 5.13 Å². The highest BCUT2D eigenvalue weighted by Crippen LogP contribution is 2.27. The zero-order chi connectivity index (χ0) is 15.6. The average Bonchev–Trinajstić information content (AvgIpc) is 2.97. The van der Waals surface area contributed by atoms with Crippen LogP contribution in [0.3, 0.4) is 0 Å². The standard InChI is InChI=1S/C12H14N2O4S3/c1-7(2)18-11(15)10-8(3)13-12(20-10)14-21(16,17)9-5-4-6-19-9/h4-7H,1-3H3,(H,13,14). The van der Waals surface area contributed by atoms with Crippen molar-refractivity contribution in [2.75, 3.05) is 4.72 Å². The molecule has 0 amide bonds. The molecule has 0 aromatic carbocycles. The molecule has 21 heavy (non-hydrogen) atoms. The summed E-state index contributed by atoms with van der Waals surface area (Å²) < 4.78 is 31.8. The Morgan fingerprint density at radius 2 is 2.14 bits per heavy atom. The van der Waals surface area contributed by atoms with Crippen molar-refractivity contribution in [3.05, 3.63) is 28.1 Å². The lowest BCUT2D eigenvalue weighted by atomic mass is 10.4. The fourth-order valence-electron chi connectivity index (χ4n) is 1.48. The highest BCUT2D eigenvalue weighted by atomic mass is 32.2. The Balaban J connectivity index is 2.22.